The Labute approximate surface area is 123 Å². The van der Waals surface area contributed by atoms with Crippen LogP contribution in [-0.4, -0.2) is 17.1 Å². The van der Waals surface area contributed by atoms with E-state index in [0.29, 0.717) is 0 Å². The number of rotatable bonds is 3. The maximum absolute atomic E-state index is 5.69. The maximum Gasteiger partial charge on any atom is 0.119 e. The molecule has 3 rings (SSSR count). The van der Waals surface area contributed by atoms with Crippen LogP contribution in [0.25, 0.3) is 22.6 Å². The summed E-state index contributed by atoms with van der Waals surface area (Å²) in [6, 6.07) is 9.74. The lowest BCUT2D eigenvalue weighted by molar-refractivity contribution is 0.415. The number of ether oxygens (including phenoxy) is 1. The van der Waals surface area contributed by atoms with Gasteiger partial charge in [0.05, 0.1) is 7.11 Å². The van der Waals surface area contributed by atoms with Gasteiger partial charge in [-0.25, -0.2) is 0 Å². The van der Waals surface area contributed by atoms with E-state index < -0.39 is 0 Å². The molecule has 0 spiro atoms. The Morgan fingerprint density at radius 3 is 3.00 bits per heavy atom. The van der Waals surface area contributed by atoms with E-state index >= 15 is 0 Å². The van der Waals surface area contributed by atoms with Crippen molar-refractivity contribution < 1.29 is 4.74 Å². The third kappa shape index (κ3) is 2.52. The Balaban J connectivity index is 2.14. The summed E-state index contributed by atoms with van der Waals surface area (Å²) in [4.78, 5) is 7.33. The number of hydrogen-bond donors (Lipinski definition) is 1. The predicted molar refractivity (Wildman–Crippen MR) is 85.8 cm³/mol. The maximum atomic E-state index is 5.69. The van der Waals surface area contributed by atoms with Crippen molar-refractivity contribution in [2.24, 2.45) is 0 Å². The van der Waals surface area contributed by atoms with Gasteiger partial charge in [-0.2, -0.15) is 0 Å². The Morgan fingerprint density at radius 1 is 1.38 bits per heavy atom. The zero-order valence-corrected chi connectivity index (χ0v) is 11.6. The molecular weight excluding hydrogens is 260 g/mol. The number of terminal acetylenes is 1. The highest BCUT2D eigenvalue weighted by atomic mass is 16.5. The monoisotopic (exact) mass is 274 g/mol. The highest BCUT2D eigenvalue weighted by molar-refractivity contribution is 6.02. The fourth-order valence-corrected chi connectivity index (χ4v) is 2.27. The molecule has 3 nitrogen and oxygen atoms in total. The number of pyridine rings is 1. The molecule has 0 saturated heterocycles. The van der Waals surface area contributed by atoms with Crippen LogP contribution < -0.4 is 4.74 Å². The van der Waals surface area contributed by atoms with Gasteiger partial charge in [0.15, 0.2) is 0 Å². The van der Waals surface area contributed by atoms with E-state index in [2.05, 4.69) is 15.9 Å². The second-order valence-electron chi connectivity index (χ2n) is 4.60. The number of aromatic amines is 1. The van der Waals surface area contributed by atoms with E-state index in [9.17, 15) is 0 Å². The summed E-state index contributed by atoms with van der Waals surface area (Å²) in [7, 11) is 1.65. The van der Waals surface area contributed by atoms with Crippen molar-refractivity contribution in [2.45, 2.75) is 0 Å². The summed E-state index contributed by atoms with van der Waals surface area (Å²) in [5, 5.41) is 1.04. The highest BCUT2D eigenvalue weighted by Crippen LogP contribution is 2.29. The molecule has 0 unspecified atom stereocenters. The van der Waals surface area contributed by atoms with Gasteiger partial charge < -0.3 is 9.72 Å². The molecule has 0 fully saturated rings. The van der Waals surface area contributed by atoms with Crippen molar-refractivity contribution in [1.82, 2.24) is 9.97 Å². The summed E-state index contributed by atoms with van der Waals surface area (Å²) in [6.45, 7) is 0. The standard InChI is InChI=1S/C18H14N2O/c1-3-14(9-13-5-4-8-19-11-13)17-12-20-18-7-6-15(21-2)10-16(17)18/h1,4-12,20H,2H3/b14-9+. The third-order valence-electron chi connectivity index (χ3n) is 3.33. The van der Waals surface area contributed by atoms with Gasteiger partial charge >= 0.3 is 0 Å². The molecule has 0 bridgehead atoms. The molecule has 0 aliphatic carbocycles. The molecule has 0 radical (unpaired) electrons. The zero-order chi connectivity index (χ0) is 14.7. The van der Waals surface area contributed by atoms with Crippen LogP contribution >= 0.6 is 0 Å². The minimum absolute atomic E-state index is 0.807. The number of hydrogen-bond acceptors (Lipinski definition) is 2. The van der Waals surface area contributed by atoms with E-state index in [4.69, 9.17) is 11.2 Å². The van der Waals surface area contributed by atoms with Crippen molar-refractivity contribution in [2.75, 3.05) is 7.11 Å². The number of benzene rings is 1. The summed E-state index contributed by atoms with van der Waals surface area (Å²) >= 11 is 0. The molecule has 0 aliphatic rings. The first kappa shape index (κ1) is 13.0. The van der Waals surface area contributed by atoms with Gasteiger partial charge in [0.25, 0.3) is 0 Å². The van der Waals surface area contributed by atoms with Gasteiger partial charge in [-0.05, 0) is 35.9 Å². The lowest BCUT2D eigenvalue weighted by atomic mass is 10.0. The Kier molecular flexibility index (Phi) is 3.44. The van der Waals surface area contributed by atoms with Crippen LogP contribution in [-0.2, 0) is 0 Å². The third-order valence-corrected chi connectivity index (χ3v) is 3.33. The van der Waals surface area contributed by atoms with Gasteiger partial charge in [-0.1, -0.05) is 12.0 Å². The van der Waals surface area contributed by atoms with Gasteiger partial charge in [-0.15, -0.1) is 6.42 Å². The van der Waals surface area contributed by atoms with Gasteiger partial charge in [0.2, 0.25) is 0 Å². The molecular formula is C18H14N2O. The van der Waals surface area contributed by atoms with E-state index in [1.54, 1.807) is 19.5 Å². The molecule has 3 heteroatoms. The van der Waals surface area contributed by atoms with Crippen LogP contribution in [0.3, 0.4) is 0 Å². The molecule has 0 saturated carbocycles. The molecule has 1 N–H and O–H groups in total. The number of H-pyrrole nitrogens is 1. The number of fused-ring (bicyclic) bond motifs is 1. The van der Waals surface area contributed by atoms with E-state index in [0.717, 1.165) is 33.4 Å². The minimum atomic E-state index is 0.807. The SMILES string of the molecule is C#C/C(=C\c1cccnc1)c1c[nH]c2ccc(OC)cc12. The normalized spacial score (nSPS) is 11.3. The number of methoxy groups -OCH3 is 1. The molecule has 0 aliphatic heterocycles. The first-order chi connectivity index (χ1) is 10.3. The first-order valence-electron chi connectivity index (χ1n) is 6.55. The largest absolute Gasteiger partial charge is 0.497 e. The van der Waals surface area contributed by atoms with Crippen LogP contribution in [0.4, 0.5) is 0 Å². The average Bonchev–Trinajstić information content (AvgIpc) is 2.96. The Hall–Kier alpha value is -2.99. The van der Waals surface area contributed by atoms with Gasteiger partial charge in [0.1, 0.15) is 5.75 Å². The molecule has 3 aromatic rings. The second kappa shape index (κ2) is 5.56. The molecule has 2 aromatic heterocycles. The molecule has 0 amide bonds. The molecule has 21 heavy (non-hydrogen) atoms. The van der Waals surface area contributed by atoms with Crippen LogP contribution in [0.5, 0.6) is 5.75 Å². The average molecular weight is 274 g/mol. The first-order valence-corrected chi connectivity index (χ1v) is 6.55. The molecule has 0 atom stereocenters. The Morgan fingerprint density at radius 2 is 2.29 bits per heavy atom. The predicted octanol–water partition coefficient (Wildman–Crippen LogP) is 3.75. The number of aromatic nitrogens is 2. The summed E-state index contributed by atoms with van der Waals surface area (Å²) in [5.41, 5.74) is 3.79. The fraction of sp³-hybridized carbons (Fsp3) is 0.0556. The molecule has 102 valence electrons. The zero-order valence-electron chi connectivity index (χ0n) is 11.6. The van der Waals surface area contributed by atoms with Crippen LogP contribution in [0.2, 0.25) is 0 Å². The molecule has 2 heterocycles. The molecule has 1 aromatic carbocycles. The summed E-state index contributed by atoms with van der Waals surface area (Å²) in [6.07, 6.45) is 13.1. The number of nitrogens with one attached hydrogen (secondary N) is 1. The van der Waals surface area contributed by atoms with Crippen molar-refractivity contribution >= 4 is 22.6 Å². The van der Waals surface area contributed by atoms with Crippen LogP contribution in [0.15, 0.2) is 48.9 Å². The summed E-state index contributed by atoms with van der Waals surface area (Å²) < 4.78 is 5.28. The minimum Gasteiger partial charge on any atom is -0.497 e. The second-order valence-corrected chi connectivity index (χ2v) is 4.60. The summed E-state index contributed by atoms with van der Waals surface area (Å²) in [5.74, 6) is 3.56. The van der Waals surface area contributed by atoms with Gasteiger partial charge in [-0.3, -0.25) is 4.98 Å². The lowest BCUT2D eigenvalue weighted by Crippen LogP contribution is -1.84. The van der Waals surface area contributed by atoms with E-state index in [1.807, 2.05) is 42.6 Å². The van der Waals surface area contributed by atoms with Gasteiger partial charge in [0, 0.05) is 40.6 Å². The number of allylic oxidation sites excluding steroid dienone is 1. The van der Waals surface area contributed by atoms with Crippen molar-refractivity contribution in [3.63, 3.8) is 0 Å². The van der Waals surface area contributed by atoms with Crippen molar-refractivity contribution in [1.29, 1.82) is 0 Å². The van der Waals surface area contributed by atoms with Crippen LogP contribution in [0.1, 0.15) is 11.1 Å². The quantitative estimate of drug-likeness (QED) is 0.739. The highest BCUT2D eigenvalue weighted by Gasteiger charge is 2.08. The topological polar surface area (TPSA) is 37.9 Å². The van der Waals surface area contributed by atoms with E-state index in [-0.39, 0.29) is 0 Å². The lowest BCUT2D eigenvalue weighted by Gasteiger charge is -2.02. The number of nitrogens with zero attached hydrogens (tertiary/aromatic N) is 1. The van der Waals surface area contributed by atoms with E-state index in [1.165, 1.54) is 0 Å². The van der Waals surface area contributed by atoms with Crippen molar-refractivity contribution in [3.05, 3.63) is 60.0 Å². The van der Waals surface area contributed by atoms with Crippen LogP contribution in [0, 0.1) is 12.3 Å². The van der Waals surface area contributed by atoms with Crippen molar-refractivity contribution in [3.8, 4) is 18.1 Å². The smallest absolute Gasteiger partial charge is 0.119 e. The fourth-order valence-electron chi connectivity index (χ4n) is 2.27. The Bertz CT molecular complexity index is 839.